The molecule has 1 aliphatic rings. The summed E-state index contributed by atoms with van der Waals surface area (Å²) < 4.78 is 34.9. The van der Waals surface area contributed by atoms with Gasteiger partial charge in [0.05, 0.1) is 0 Å². The SMILES string of the molecule is CC.CN1CC(CC(F)(F)F)C1. The summed E-state index contributed by atoms with van der Waals surface area (Å²) in [5, 5.41) is 0. The van der Waals surface area contributed by atoms with Crippen LogP contribution < -0.4 is 0 Å². The molecule has 0 spiro atoms. The molecular formula is C8H16F3N. The first kappa shape index (κ1) is 11.8. The van der Waals surface area contributed by atoms with Crippen molar-refractivity contribution in [1.29, 1.82) is 0 Å². The molecule has 4 heteroatoms. The highest BCUT2D eigenvalue weighted by molar-refractivity contribution is 4.78. The summed E-state index contributed by atoms with van der Waals surface area (Å²) in [6, 6.07) is 0. The van der Waals surface area contributed by atoms with Gasteiger partial charge < -0.3 is 4.90 Å². The molecule has 0 unspecified atom stereocenters. The van der Waals surface area contributed by atoms with Crippen LogP contribution in [0, 0.1) is 5.92 Å². The Labute approximate surface area is 71.6 Å². The quantitative estimate of drug-likeness (QED) is 0.603. The summed E-state index contributed by atoms with van der Waals surface area (Å²) in [7, 11) is 1.83. The minimum Gasteiger partial charge on any atom is -0.306 e. The zero-order valence-electron chi connectivity index (χ0n) is 7.78. The third kappa shape index (κ3) is 4.59. The fourth-order valence-corrected chi connectivity index (χ4v) is 1.28. The van der Waals surface area contributed by atoms with Gasteiger partial charge in [-0.05, 0) is 13.0 Å². The Morgan fingerprint density at radius 2 is 1.67 bits per heavy atom. The van der Waals surface area contributed by atoms with E-state index in [0.717, 1.165) is 0 Å². The molecule has 1 saturated heterocycles. The van der Waals surface area contributed by atoms with Gasteiger partial charge in [-0.2, -0.15) is 13.2 Å². The zero-order valence-corrected chi connectivity index (χ0v) is 7.78. The van der Waals surface area contributed by atoms with E-state index in [-0.39, 0.29) is 5.92 Å². The van der Waals surface area contributed by atoms with Gasteiger partial charge in [0.1, 0.15) is 0 Å². The number of nitrogens with zero attached hydrogens (tertiary/aromatic N) is 1. The van der Waals surface area contributed by atoms with Crippen molar-refractivity contribution in [3.05, 3.63) is 0 Å². The lowest BCUT2D eigenvalue weighted by molar-refractivity contribution is -0.154. The Kier molecular flexibility index (Phi) is 4.60. The van der Waals surface area contributed by atoms with Gasteiger partial charge in [0, 0.05) is 19.5 Å². The van der Waals surface area contributed by atoms with E-state index >= 15 is 0 Å². The van der Waals surface area contributed by atoms with E-state index in [4.69, 9.17) is 0 Å². The van der Waals surface area contributed by atoms with Gasteiger partial charge in [-0.3, -0.25) is 0 Å². The number of rotatable bonds is 1. The molecule has 0 aromatic heterocycles. The van der Waals surface area contributed by atoms with Crippen LogP contribution in [0.5, 0.6) is 0 Å². The molecular weight excluding hydrogens is 167 g/mol. The number of halogens is 3. The van der Waals surface area contributed by atoms with Crippen LogP contribution in [-0.2, 0) is 0 Å². The van der Waals surface area contributed by atoms with Crippen LogP contribution in [0.1, 0.15) is 20.3 Å². The predicted octanol–water partition coefficient (Wildman–Crippen LogP) is 2.53. The van der Waals surface area contributed by atoms with Crippen LogP contribution in [0.25, 0.3) is 0 Å². The lowest BCUT2D eigenvalue weighted by Gasteiger charge is -2.36. The van der Waals surface area contributed by atoms with Gasteiger partial charge in [0.2, 0.25) is 0 Å². The van der Waals surface area contributed by atoms with Gasteiger partial charge >= 0.3 is 6.18 Å². The normalized spacial score (nSPS) is 19.5. The standard InChI is InChI=1S/C6H10F3N.C2H6/c1-10-3-5(4-10)2-6(7,8)9;1-2/h5H,2-4H2,1H3;1-2H3. The van der Waals surface area contributed by atoms with E-state index in [1.54, 1.807) is 0 Å². The molecule has 0 bridgehead atoms. The Balaban J connectivity index is 0.000000561. The summed E-state index contributed by atoms with van der Waals surface area (Å²) >= 11 is 0. The number of alkyl halides is 3. The maximum absolute atomic E-state index is 11.6. The molecule has 0 aromatic carbocycles. The minimum atomic E-state index is -3.97. The zero-order chi connectivity index (χ0) is 9.78. The molecule has 0 aromatic rings. The molecule has 0 atom stereocenters. The third-order valence-corrected chi connectivity index (χ3v) is 1.66. The average molecular weight is 183 g/mol. The monoisotopic (exact) mass is 183 g/mol. The number of hydrogen-bond donors (Lipinski definition) is 0. The van der Waals surface area contributed by atoms with Crippen LogP contribution >= 0.6 is 0 Å². The van der Waals surface area contributed by atoms with Gasteiger partial charge in [-0.15, -0.1) is 0 Å². The molecule has 0 aliphatic carbocycles. The largest absolute Gasteiger partial charge is 0.389 e. The lowest BCUT2D eigenvalue weighted by Crippen LogP contribution is -2.45. The molecule has 1 rings (SSSR count). The second-order valence-corrected chi connectivity index (χ2v) is 2.91. The van der Waals surface area contributed by atoms with Gasteiger partial charge in [-0.25, -0.2) is 0 Å². The molecule has 1 heterocycles. The van der Waals surface area contributed by atoms with E-state index in [1.165, 1.54) is 0 Å². The second-order valence-electron chi connectivity index (χ2n) is 2.91. The Hall–Kier alpha value is -0.250. The van der Waals surface area contributed by atoms with Crippen molar-refractivity contribution in [1.82, 2.24) is 4.90 Å². The molecule has 0 N–H and O–H groups in total. The highest BCUT2D eigenvalue weighted by Crippen LogP contribution is 2.29. The van der Waals surface area contributed by atoms with Crippen LogP contribution in [0.15, 0.2) is 0 Å². The van der Waals surface area contributed by atoms with Crippen molar-refractivity contribution in [3.8, 4) is 0 Å². The Morgan fingerprint density at radius 1 is 1.25 bits per heavy atom. The highest BCUT2D eigenvalue weighted by atomic mass is 19.4. The third-order valence-electron chi connectivity index (χ3n) is 1.66. The fraction of sp³-hybridized carbons (Fsp3) is 1.00. The first-order valence-corrected chi connectivity index (χ1v) is 4.22. The van der Waals surface area contributed by atoms with Crippen molar-refractivity contribution in [2.24, 2.45) is 5.92 Å². The van der Waals surface area contributed by atoms with E-state index in [0.29, 0.717) is 13.1 Å². The first-order chi connectivity index (χ1) is 5.47. The smallest absolute Gasteiger partial charge is 0.306 e. The van der Waals surface area contributed by atoms with Crippen molar-refractivity contribution < 1.29 is 13.2 Å². The summed E-state index contributed by atoms with van der Waals surface area (Å²) in [4.78, 5) is 1.89. The van der Waals surface area contributed by atoms with E-state index in [9.17, 15) is 13.2 Å². The average Bonchev–Trinajstić information content (AvgIpc) is 1.86. The maximum atomic E-state index is 11.6. The second kappa shape index (κ2) is 4.70. The summed E-state index contributed by atoms with van der Waals surface area (Å²) in [5.41, 5.74) is 0. The maximum Gasteiger partial charge on any atom is 0.389 e. The summed E-state index contributed by atoms with van der Waals surface area (Å²) in [6.07, 6.45) is -4.58. The van der Waals surface area contributed by atoms with Crippen LogP contribution in [0.4, 0.5) is 13.2 Å². The predicted molar refractivity (Wildman–Crippen MR) is 43.0 cm³/mol. The topological polar surface area (TPSA) is 3.24 Å². The van der Waals surface area contributed by atoms with E-state index in [2.05, 4.69) is 0 Å². The molecule has 0 saturated carbocycles. The molecule has 1 fully saturated rings. The van der Waals surface area contributed by atoms with Crippen LogP contribution in [0.3, 0.4) is 0 Å². The van der Waals surface area contributed by atoms with E-state index < -0.39 is 12.6 Å². The molecule has 12 heavy (non-hydrogen) atoms. The lowest BCUT2D eigenvalue weighted by atomic mass is 9.97. The van der Waals surface area contributed by atoms with Crippen molar-refractivity contribution in [2.45, 2.75) is 26.4 Å². The molecule has 0 radical (unpaired) electrons. The fourth-order valence-electron chi connectivity index (χ4n) is 1.28. The van der Waals surface area contributed by atoms with E-state index in [1.807, 2.05) is 25.8 Å². The summed E-state index contributed by atoms with van der Waals surface area (Å²) in [5.74, 6) is -0.148. The van der Waals surface area contributed by atoms with Crippen LogP contribution in [-0.4, -0.2) is 31.2 Å². The Bertz CT molecular complexity index is 116. The first-order valence-electron chi connectivity index (χ1n) is 4.22. The van der Waals surface area contributed by atoms with Crippen molar-refractivity contribution in [3.63, 3.8) is 0 Å². The van der Waals surface area contributed by atoms with Crippen molar-refractivity contribution >= 4 is 0 Å². The minimum absolute atomic E-state index is 0.148. The Morgan fingerprint density at radius 3 is 1.92 bits per heavy atom. The van der Waals surface area contributed by atoms with Crippen molar-refractivity contribution in [2.75, 3.05) is 20.1 Å². The van der Waals surface area contributed by atoms with Crippen LogP contribution in [0.2, 0.25) is 0 Å². The van der Waals surface area contributed by atoms with Gasteiger partial charge in [0.25, 0.3) is 0 Å². The van der Waals surface area contributed by atoms with Gasteiger partial charge in [-0.1, -0.05) is 13.8 Å². The molecule has 74 valence electrons. The number of hydrogen-bond acceptors (Lipinski definition) is 1. The number of likely N-dealkylation sites (tertiary alicyclic amines) is 1. The van der Waals surface area contributed by atoms with Gasteiger partial charge in [0.15, 0.2) is 0 Å². The molecule has 1 nitrogen and oxygen atoms in total. The highest BCUT2D eigenvalue weighted by Gasteiger charge is 2.36. The molecule has 1 aliphatic heterocycles. The summed E-state index contributed by atoms with van der Waals surface area (Å²) in [6.45, 7) is 5.19. The molecule has 0 amide bonds.